The number of nitrogens with one attached hydrogen (secondary N) is 2. The number of hydrogen-bond donors (Lipinski definition) is 3. The fourth-order valence-corrected chi connectivity index (χ4v) is 2.11. The van der Waals surface area contributed by atoms with Gasteiger partial charge in [0.05, 0.1) is 5.92 Å². The molecule has 0 bridgehead atoms. The number of aromatic nitrogens is 3. The summed E-state index contributed by atoms with van der Waals surface area (Å²) in [5, 5.41) is 17.8. The molecule has 7 heteroatoms. The number of carboxylic acid groups (broad SMARTS) is 1. The number of carboxylic acids is 1. The lowest BCUT2D eigenvalue weighted by molar-refractivity contribution is -0.143. The highest BCUT2D eigenvalue weighted by atomic mass is 16.4. The maximum atomic E-state index is 11.7. The third kappa shape index (κ3) is 2.80. The Balaban J connectivity index is 1.91. The molecule has 1 amide bonds. The number of amides is 1. The van der Waals surface area contributed by atoms with Gasteiger partial charge in [0.15, 0.2) is 0 Å². The van der Waals surface area contributed by atoms with Gasteiger partial charge in [-0.05, 0) is 19.3 Å². The van der Waals surface area contributed by atoms with Crippen LogP contribution >= 0.6 is 0 Å². The van der Waals surface area contributed by atoms with Crippen LogP contribution in [0.15, 0.2) is 6.33 Å². The summed E-state index contributed by atoms with van der Waals surface area (Å²) in [5.41, 5.74) is 0. The van der Waals surface area contributed by atoms with Crippen LogP contribution in [0.1, 0.15) is 36.3 Å². The third-order valence-corrected chi connectivity index (χ3v) is 2.99. The quantitative estimate of drug-likeness (QED) is 0.696. The van der Waals surface area contributed by atoms with Crippen LogP contribution in [0.4, 0.5) is 0 Å². The van der Waals surface area contributed by atoms with Crippen molar-refractivity contribution in [1.82, 2.24) is 20.5 Å². The maximum Gasteiger partial charge on any atom is 0.306 e. The second-order valence-corrected chi connectivity index (χ2v) is 4.21. The second-order valence-electron chi connectivity index (χ2n) is 4.21. The zero-order valence-corrected chi connectivity index (χ0v) is 9.22. The average Bonchev–Trinajstić information content (AvgIpc) is 2.82. The van der Waals surface area contributed by atoms with E-state index in [9.17, 15) is 9.59 Å². The summed E-state index contributed by atoms with van der Waals surface area (Å²) in [6, 6.07) is -0.0950. The van der Waals surface area contributed by atoms with E-state index in [1.807, 2.05) is 0 Å². The molecule has 1 aromatic rings. The third-order valence-electron chi connectivity index (χ3n) is 2.99. The van der Waals surface area contributed by atoms with E-state index in [2.05, 4.69) is 20.5 Å². The molecule has 1 fully saturated rings. The second kappa shape index (κ2) is 4.94. The first-order valence-electron chi connectivity index (χ1n) is 5.56. The molecule has 17 heavy (non-hydrogen) atoms. The Morgan fingerprint density at radius 3 is 2.94 bits per heavy atom. The van der Waals surface area contributed by atoms with Crippen LogP contribution in [0.25, 0.3) is 0 Å². The summed E-state index contributed by atoms with van der Waals surface area (Å²) in [6.45, 7) is 0. The molecule has 3 N–H and O–H groups in total. The van der Waals surface area contributed by atoms with Crippen molar-refractivity contribution in [2.45, 2.75) is 31.7 Å². The highest BCUT2D eigenvalue weighted by Crippen LogP contribution is 2.24. The normalized spacial score (nSPS) is 24.2. The SMILES string of the molecule is O=C(NC1CCCC(C(=O)O)C1)c1ncn[nH]1. The van der Waals surface area contributed by atoms with Gasteiger partial charge in [0.25, 0.3) is 5.91 Å². The van der Waals surface area contributed by atoms with E-state index >= 15 is 0 Å². The fourth-order valence-electron chi connectivity index (χ4n) is 2.11. The summed E-state index contributed by atoms with van der Waals surface area (Å²) in [7, 11) is 0. The first-order chi connectivity index (χ1) is 8.16. The molecular formula is C10H14N4O3. The maximum absolute atomic E-state index is 11.7. The van der Waals surface area contributed by atoms with Gasteiger partial charge in [-0.3, -0.25) is 14.7 Å². The Hall–Kier alpha value is -1.92. The number of nitrogens with zero attached hydrogens (tertiary/aromatic N) is 2. The molecule has 1 saturated carbocycles. The van der Waals surface area contributed by atoms with E-state index in [0.29, 0.717) is 12.8 Å². The van der Waals surface area contributed by atoms with Crippen molar-refractivity contribution in [3.63, 3.8) is 0 Å². The van der Waals surface area contributed by atoms with Gasteiger partial charge in [0.1, 0.15) is 6.33 Å². The Morgan fingerprint density at radius 2 is 2.29 bits per heavy atom. The van der Waals surface area contributed by atoms with Crippen LogP contribution < -0.4 is 5.32 Å². The van der Waals surface area contributed by atoms with Gasteiger partial charge in [-0.25, -0.2) is 4.98 Å². The van der Waals surface area contributed by atoms with Crippen molar-refractivity contribution < 1.29 is 14.7 Å². The lowest BCUT2D eigenvalue weighted by Gasteiger charge is -2.26. The van der Waals surface area contributed by atoms with Crippen LogP contribution in [0.3, 0.4) is 0 Å². The van der Waals surface area contributed by atoms with Crippen molar-refractivity contribution in [3.8, 4) is 0 Å². The van der Waals surface area contributed by atoms with Crippen LogP contribution in [0, 0.1) is 5.92 Å². The minimum absolute atomic E-state index is 0.0950. The van der Waals surface area contributed by atoms with Gasteiger partial charge >= 0.3 is 5.97 Å². The number of carbonyl (C=O) groups excluding carboxylic acids is 1. The molecule has 0 radical (unpaired) electrons. The number of H-pyrrole nitrogens is 1. The van der Waals surface area contributed by atoms with Crippen molar-refractivity contribution in [2.75, 3.05) is 0 Å². The molecule has 0 aromatic carbocycles. The molecule has 7 nitrogen and oxygen atoms in total. The van der Waals surface area contributed by atoms with E-state index in [0.717, 1.165) is 12.8 Å². The molecule has 1 heterocycles. The van der Waals surface area contributed by atoms with Crippen molar-refractivity contribution in [3.05, 3.63) is 12.2 Å². The lowest BCUT2D eigenvalue weighted by atomic mass is 9.86. The topological polar surface area (TPSA) is 108 Å². The summed E-state index contributed by atoms with van der Waals surface area (Å²) >= 11 is 0. The summed E-state index contributed by atoms with van der Waals surface area (Å²) < 4.78 is 0. The van der Waals surface area contributed by atoms with Crippen LogP contribution in [-0.4, -0.2) is 38.2 Å². The average molecular weight is 238 g/mol. The van der Waals surface area contributed by atoms with Gasteiger partial charge in [0.2, 0.25) is 5.82 Å². The zero-order valence-electron chi connectivity index (χ0n) is 9.22. The predicted molar refractivity (Wildman–Crippen MR) is 57.2 cm³/mol. The van der Waals surface area contributed by atoms with Crippen LogP contribution in [0.2, 0.25) is 0 Å². The minimum Gasteiger partial charge on any atom is -0.481 e. The number of aromatic amines is 1. The molecule has 92 valence electrons. The Bertz CT molecular complexity index is 404. The molecule has 1 aromatic heterocycles. The predicted octanol–water partition coefficient (Wildman–Crippen LogP) is 0.178. The molecule has 1 aliphatic carbocycles. The molecule has 0 spiro atoms. The standard InChI is InChI=1S/C10H14N4O3/c15-9(8-11-5-12-14-8)13-7-3-1-2-6(4-7)10(16)17/h5-7H,1-4H2,(H,13,15)(H,16,17)(H,11,12,14). The molecule has 0 saturated heterocycles. The van der Waals surface area contributed by atoms with Gasteiger partial charge in [-0.1, -0.05) is 6.42 Å². The van der Waals surface area contributed by atoms with E-state index in [1.165, 1.54) is 6.33 Å². The monoisotopic (exact) mass is 238 g/mol. The number of aliphatic carboxylic acids is 1. The number of hydrogen-bond acceptors (Lipinski definition) is 4. The lowest BCUT2D eigenvalue weighted by Crippen LogP contribution is -2.40. The Kier molecular flexibility index (Phi) is 3.36. The van der Waals surface area contributed by atoms with Gasteiger partial charge in [0, 0.05) is 6.04 Å². The fraction of sp³-hybridized carbons (Fsp3) is 0.600. The number of rotatable bonds is 3. The highest BCUT2D eigenvalue weighted by molar-refractivity contribution is 5.90. The molecule has 1 aliphatic rings. The zero-order chi connectivity index (χ0) is 12.3. The van der Waals surface area contributed by atoms with Crippen LogP contribution in [-0.2, 0) is 4.79 Å². The summed E-state index contributed by atoms with van der Waals surface area (Å²) in [5.74, 6) is -1.33. The molecule has 2 rings (SSSR count). The molecule has 2 atom stereocenters. The van der Waals surface area contributed by atoms with E-state index in [4.69, 9.17) is 5.11 Å². The first-order valence-corrected chi connectivity index (χ1v) is 5.56. The number of carbonyl (C=O) groups is 2. The largest absolute Gasteiger partial charge is 0.481 e. The van der Waals surface area contributed by atoms with Gasteiger partial charge < -0.3 is 10.4 Å². The van der Waals surface area contributed by atoms with Crippen molar-refractivity contribution >= 4 is 11.9 Å². The minimum atomic E-state index is -0.788. The molecular weight excluding hydrogens is 224 g/mol. The summed E-state index contributed by atoms with van der Waals surface area (Å²) in [4.78, 5) is 26.3. The van der Waals surface area contributed by atoms with Crippen LogP contribution in [0.5, 0.6) is 0 Å². The first kappa shape index (κ1) is 11.6. The molecule has 2 unspecified atom stereocenters. The van der Waals surface area contributed by atoms with Crippen molar-refractivity contribution in [1.29, 1.82) is 0 Å². The Morgan fingerprint density at radius 1 is 1.47 bits per heavy atom. The van der Waals surface area contributed by atoms with Crippen molar-refractivity contribution in [2.24, 2.45) is 5.92 Å². The summed E-state index contributed by atoms with van der Waals surface area (Å²) in [6.07, 6.45) is 4.05. The smallest absolute Gasteiger partial charge is 0.306 e. The Labute approximate surface area is 97.6 Å². The van der Waals surface area contributed by atoms with E-state index in [-0.39, 0.29) is 23.7 Å². The molecule has 0 aliphatic heterocycles. The van der Waals surface area contributed by atoms with E-state index in [1.54, 1.807) is 0 Å². The van der Waals surface area contributed by atoms with Gasteiger partial charge in [-0.2, -0.15) is 5.10 Å². The van der Waals surface area contributed by atoms with Gasteiger partial charge in [-0.15, -0.1) is 0 Å². The highest BCUT2D eigenvalue weighted by Gasteiger charge is 2.28. The van der Waals surface area contributed by atoms with E-state index < -0.39 is 5.97 Å².